The Morgan fingerprint density at radius 1 is 0.654 bits per heavy atom. The maximum Gasteiger partial charge on any atom is 0.141 e. The molecule has 0 atom stereocenters. The molecule has 3 aromatic carbocycles. The van der Waals surface area contributed by atoms with Gasteiger partial charge in [0, 0.05) is 17.1 Å². The Morgan fingerprint density at radius 3 is 1.69 bits per heavy atom. The summed E-state index contributed by atoms with van der Waals surface area (Å²) in [5.74, 6) is 0. The van der Waals surface area contributed by atoms with E-state index in [0.717, 1.165) is 22.6 Å². The SMILES string of the molecule is C(=Nn1cnnc1)c1ccc(N(c2ccccc2)c2ccccc2)cc1. The van der Waals surface area contributed by atoms with Crippen LogP contribution in [0.15, 0.2) is 103 Å². The standard InChI is InChI=1S/C21H17N5/c1-3-7-19(8-4-1)26(20-9-5-2-6-10-20)21-13-11-18(12-14-21)15-24-25-16-22-23-17-25/h1-17H. The van der Waals surface area contributed by atoms with Gasteiger partial charge in [0.25, 0.3) is 0 Å². The summed E-state index contributed by atoms with van der Waals surface area (Å²) < 4.78 is 1.56. The molecule has 1 heterocycles. The molecular weight excluding hydrogens is 322 g/mol. The lowest BCUT2D eigenvalue weighted by atomic mass is 10.1. The summed E-state index contributed by atoms with van der Waals surface area (Å²) in [5.41, 5.74) is 4.32. The van der Waals surface area contributed by atoms with Crippen molar-refractivity contribution in [3.8, 4) is 0 Å². The largest absolute Gasteiger partial charge is 0.311 e. The predicted octanol–water partition coefficient (Wildman–Crippen LogP) is 4.63. The van der Waals surface area contributed by atoms with Crippen molar-refractivity contribution in [2.75, 3.05) is 4.90 Å². The molecule has 0 fully saturated rings. The zero-order valence-electron chi connectivity index (χ0n) is 14.1. The quantitative estimate of drug-likeness (QED) is 0.498. The van der Waals surface area contributed by atoms with Crippen molar-refractivity contribution in [1.82, 2.24) is 14.9 Å². The molecule has 4 rings (SSSR count). The van der Waals surface area contributed by atoms with Crippen LogP contribution < -0.4 is 4.90 Å². The van der Waals surface area contributed by atoms with E-state index in [0.29, 0.717) is 0 Å². The average molecular weight is 339 g/mol. The van der Waals surface area contributed by atoms with Crippen LogP contribution >= 0.6 is 0 Å². The summed E-state index contributed by atoms with van der Waals surface area (Å²) in [7, 11) is 0. The minimum Gasteiger partial charge on any atom is -0.311 e. The van der Waals surface area contributed by atoms with Gasteiger partial charge in [-0.05, 0) is 42.0 Å². The highest BCUT2D eigenvalue weighted by Gasteiger charge is 2.11. The molecule has 0 saturated carbocycles. The van der Waals surface area contributed by atoms with Gasteiger partial charge in [0.05, 0.1) is 6.21 Å². The van der Waals surface area contributed by atoms with Crippen LogP contribution in [0.4, 0.5) is 17.1 Å². The molecule has 5 heteroatoms. The zero-order valence-corrected chi connectivity index (χ0v) is 14.1. The van der Waals surface area contributed by atoms with Crippen molar-refractivity contribution >= 4 is 23.3 Å². The van der Waals surface area contributed by atoms with Crippen LogP contribution in [-0.2, 0) is 0 Å². The Balaban J connectivity index is 1.66. The molecule has 0 bridgehead atoms. The lowest BCUT2D eigenvalue weighted by molar-refractivity contribution is 0.878. The monoisotopic (exact) mass is 339 g/mol. The molecular formula is C21H17N5. The van der Waals surface area contributed by atoms with Crippen LogP contribution in [0.5, 0.6) is 0 Å². The van der Waals surface area contributed by atoms with Gasteiger partial charge in [-0.2, -0.15) is 5.10 Å². The molecule has 0 aliphatic heterocycles. The van der Waals surface area contributed by atoms with Crippen molar-refractivity contribution in [2.45, 2.75) is 0 Å². The van der Waals surface area contributed by atoms with Gasteiger partial charge < -0.3 is 4.90 Å². The van der Waals surface area contributed by atoms with Crippen LogP contribution in [0.2, 0.25) is 0 Å². The van der Waals surface area contributed by atoms with E-state index in [1.165, 1.54) is 0 Å². The Morgan fingerprint density at radius 2 is 1.15 bits per heavy atom. The minimum absolute atomic E-state index is 1.00. The van der Waals surface area contributed by atoms with Crippen LogP contribution in [0.25, 0.3) is 0 Å². The molecule has 0 amide bonds. The van der Waals surface area contributed by atoms with Crippen LogP contribution in [-0.4, -0.2) is 21.1 Å². The van der Waals surface area contributed by atoms with Crippen molar-refractivity contribution < 1.29 is 0 Å². The molecule has 126 valence electrons. The van der Waals surface area contributed by atoms with Crippen molar-refractivity contribution in [3.63, 3.8) is 0 Å². The highest BCUT2D eigenvalue weighted by Crippen LogP contribution is 2.33. The fourth-order valence-electron chi connectivity index (χ4n) is 2.70. The first kappa shape index (κ1) is 15.8. The number of rotatable bonds is 5. The predicted molar refractivity (Wildman–Crippen MR) is 104 cm³/mol. The second kappa shape index (κ2) is 7.44. The molecule has 0 N–H and O–H groups in total. The van der Waals surface area contributed by atoms with E-state index >= 15 is 0 Å². The smallest absolute Gasteiger partial charge is 0.141 e. The van der Waals surface area contributed by atoms with E-state index < -0.39 is 0 Å². The molecule has 1 aromatic heterocycles. The maximum absolute atomic E-state index is 4.28. The van der Waals surface area contributed by atoms with E-state index in [2.05, 4.69) is 56.6 Å². The third kappa shape index (κ3) is 3.52. The normalized spacial score (nSPS) is 10.9. The number of hydrogen-bond acceptors (Lipinski definition) is 4. The second-order valence-corrected chi connectivity index (χ2v) is 5.68. The first-order chi connectivity index (χ1) is 12.9. The van der Waals surface area contributed by atoms with Gasteiger partial charge in [-0.25, -0.2) is 4.68 Å². The number of aromatic nitrogens is 3. The summed E-state index contributed by atoms with van der Waals surface area (Å²) in [6, 6.07) is 28.9. The highest BCUT2D eigenvalue weighted by molar-refractivity contribution is 5.82. The lowest BCUT2D eigenvalue weighted by Gasteiger charge is -2.25. The average Bonchev–Trinajstić information content (AvgIpc) is 3.23. The van der Waals surface area contributed by atoms with E-state index in [9.17, 15) is 0 Å². The highest BCUT2D eigenvalue weighted by atomic mass is 15.4. The number of anilines is 3. The summed E-state index contributed by atoms with van der Waals surface area (Å²) in [6.45, 7) is 0. The van der Waals surface area contributed by atoms with Crippen molar-refractivity contribution in [1.29, 1.82) is 0 Å². The lowest BCUT2D eigenvalue weighted by Crippen LogP contribution is -2.09. The summed E-state index contributed by atoms with van der Waals surface area (Å²) >= 11 is 0. The molecule has 5 nitrogen and oxygen atoms in total. The molecule has 4 aromatic rings. The molecule has 0 unspecified atom stereocenters. The summed E-state index contributed by atoms with van der Waals surface area (Å²) in [5, 5.41) is 11.7. The zero-order chi connectivity index (χ0) is 17.6. The molecule has 0 saturated heterocycles. The number of hydrogen-bond donors (Lipinski definition) is 0. The molecule has 0 aliphatic rings. The third-order valence-corrected chi connectivity index (χ3v) is 3.93. The van der Waals surface area contributed by atoms with Gasteiger partial charge in [0.2, 0.25) is 0 Å². The number of benzene rings is 3. The molecule has 0 radical (unpaired) electrons. The summed E-state index contributed by atoms with van der Waals surface area (Å²) in [6.07, 6.45) is 4.89. The number of nitrogens with zero attached hydrogens (tertiary/aromatic N) is 5. The maximum atomic E-state index is 4.28. The van der Waals surface area contributed by atoms with Gasteiger partial charge in [-0.3, -0.25) is 0 Å². The fourth-order valence-corrected chi connectivity index (χ4v) is 2.70. The minimum atomic E-state index is 1.00. The Kier molecular flexibility index (Phi) is 4.52. The van der Waals surface area contributed by atoms with E-state index in [1.54, 1.807) is 23.5 Å². The van der Waals surface area contributed by atoms with Crippen LogP contribution in [0.3, 0.4) is 0 Å². The van der Waals surface area contributed by atoms with Gasteiger partial charge >= 0.3 is 0 Å². The van der Waals surface area contributed by atoms with E-state index in [4.69, 9.17) is 0 Å². The van der Waals surface area contributed by atoms with Gasteiger partial charge in [0.1, 0.15) is 12.7 Å². The van der Waals surface area contributed by atoms with Gasteiger partial charge in [0.15, 0.2) is 0 Å². The van der Waals surface area contributed by atoms with Crippen molar-refractivity contribution in [3.05, 3.63) is 103 Å². The number of para-hydroxylation sites is 2. The molecule has 0 aliphatic carbocycles. The van der Waals surface area contributed by atoms with Crippen LogP contribution in [0.1, 0.15) is 5.56 Å². The topological polar surface area (TPSA) is 46.3 Å². The second-order valence-electron chi connectivity index (χ2n) is 5.68. The van der Waals surface area contributed by atoms with Crippen molar-refractivity contribution in [2.24, 2.45) is 5.10 Å². The fraction of sp³-hybridized carbons (Fsp3) is 0. The van der Waals surface area contributed by atoms with E-state index in [-0.39, 0.29) is 0 Å². The Labute approximate surface area is 151 Å². The Hall–Kier alpha value is -3.73. The van der Waals surface area contributed by atoms with Gasteiger partial charge in [-0.1, -0.05) is 48.5 Å². The molecule has 0 spiro atoms. The molecule has 26 heavy (non-hydrogen) atoms. The first-order valence-electron chi connectivity index (χ1n) is 8.29. The first-order valence-corrected chi connectivity index (χ1v) is 8.29. The third-order valence-electron chi connectivity index (χ3n) is 3.93. The van der Waals surface area contributed by atoms with Crippen LogP contribution in [0, 0.1) is 0 Å². The van der Waals surface area contributed by atoms with E-state index in [1.807, 2.05) is 48.5 Å². The summed E-state index contributed by atoms with van der Waals surface area (Å²) in [4.78, 5) is 2.22. The van der Waals surface area contributed by atoms with Gasteiger partial charge in [-0.15, -0.1) is 10.2 Å². The Bertz CT molecular complexity index is 923.